The number of rotatable bonds is 3. The molecule has 0 radical (unpaired) electrons. The summed E-state index contributed by atoms with van der Waals surface area (Å²) in [6, 6.07) is 0.329. The predicted octanol–water partition coefficient (Wildman–Crippen LogP) is 2.99. The van der Waals surface area contributed by atoms with Gasteiger partial charge >= 0.3 is 0 Å². The van der Waals surface area contributed by atoms with Crippen molar-refractivity contribution in [3.8, 4) is 0 Å². The number of nitrogens with zero attached hydrogens (tertiary/aromatic N) is 4. The van der Waals surface area contributed by atoms with Gasteiger partial charge in [-0.15, -0.1) is 28.8 Å². The van der Waals surface area contributed by atoms with Gasteiger partial charge in [-0.2, -0.15) is 0 Å². The second-order valence-corrected chi connectivity index (χ2v) is 7.91. The maximum absolute atomic E-state index is 12.5. The molecular weight excluding hydrogens is 372 g/mol. The first kappa shape index (κ1) is 19.3. The molecule has 0 aromatic carbocycles. The largest absolute Gasteiger partial charge is 0.317 e. The lowest BCUT2D eigenvalue weighted by Crippen LogP contribution is -2.29. The first-order valence-electron chi connectivity index (χ1n) is 9.22. The van der Waals surface area contributed by atoms with E-state index in [1.54, 1.807) is 17.5 Å². The van der Waals surface area contributed by atoms with Gasteiger partial charge in [0.2, 0.25) is 0 Å². The van der Waals surface area contributed by atoms with Crippen LogP contribution in [0.25, 0.3) is 0 Å². The van der Waals surface area contributed by atoms with Crippen LogP contribution in [0.4, 0.5) is 5.13 Å². The van der Waals surface area contributed by atoms with E-state index in [9.17, 15) is 4.79 Å². The monoisotopic (exact) mass is 396 g/mol. The van der Waals surface area contributed by atoms with Crippen molar-refractivity contribution >= 4 is 34.8 Å². The number of thiazole rings is 1. The summed E-state index contributed by atoms with van der Waals surface area (Å²) in [5.41, 5.74) is 1.53. The van der Waals surface area contributed by atoms with Crippen LogP contribution in [0.5, 0.6) is 0 Å². The van der Waals surface area contributed by atoms with Gasteiger partial charge in [-0.3, -0.25) is 10.1 Å². The maximum atomic E-state index is 12.5. The first-order valence-corrected chi connectivity index (χ1v) is 10.0. The summed E-state index contributed by atoms with van der Waals surface area (Å²) in [5, 5.41) is 15.1. The molecule has 3 heterocycles. The van der Waals surface area contributed by atoms with Gasteiger partial charge in [0.25, 0.3) is 5.91 Å². The molecule has 2 N–H and O–H groups in total. The Morgan fingerprint density at radius 2 is 1.96 bits per heavy atom. The maximum Gasteiger partial charge on any atom is 0.279 e. The van der Waals surface area contributed by atoms with Gasteiger partial charge in [0.05, 0.1) is 17.9 Å². The number of hydrogen-bond donors (Lipinski definition) is 2. The molecule has 1 saturated heterocycles. The van der Waals surface area contributed by atoms with Crippen LogP contribution in [0.1, 0.15) is 65.6 Å². The average Bonchev–Trinajstić information content (AvgIpc) is 3.23. The molecule has 7 nitrogen and oxygen atoms in total. The van der Waals surface area contributed by atoms with Crippen LogP contribution in [0.15, 0.2) is 6.20 Å². The summed E-state index contributed by atoms with van der Waals surface area (Å²) in [7, 11) is 0. The number of fused-ring (bicyclic) bond motifs is 1. The quantitative estimate of drug-likeness (QED) is 0.833. The fourth-order valence-electron chi connectivity index (χ4n) is 3.55. The molecule has 0 spiro atoms. The molecule has 1 fully saturated rings. The van der Waals surface area contributed by atoms with Crippen molar-refractivity contribution in [3.05, 3.63) is 22.5 Å². The minimum Gasteiger partial charge on any atom is -0.317 e. The van der Waals surface area contributed by atoms with Gasteiger partial charge in [0.1, 0.15) is 0 Å². The smallest absolute Gasteiger partial charge is 0.279 e. The number of carbonyl (C=O) groups excluding carboxylic acids is 1. The summed E-state index contributed by atoms with van der Waals surface area (Å²) in [6.45, 7) is 1.97. The molecule has 2 aromatic rings. The molecule has 4 rings (SSSR count). The fraction of sp³-hybridized carbons (Fsp3) is 0.647. The summed E-state index contributed by atoms with van der Waals surface area (Å²) in [6.07, 6.45) is 10.9. The standard InChI is InChI=1S/C17H24N6OS.ClH/c24-16(14-11-23(22-21-14)12-7-9-18-10-8-12)20-17-19-13-5-3-1-2-4-6-15(13)25-17;/h11-12,18H,1-10H2,(H,19,20,24);1H. The van der Waals surface area contributed by atoms with Gasteiger partial charge in [0, 0.05) is 4.88 Å². The van der Waals surface area contributed by atoms with E-state index in [-0.39, 0.29) is 18.3 Å². The highest BCUT2D eigenvalue weighted by Gasteiger charge is 2.20. The number of halogens is 1. The van der Waals surface area contributed by atoms with Crippen molar-refractivity contribution in [1.82, 2.24) is 25.3 Å². The highest BCUT2D eigenvalue weighted by molar-refractivity contribution is 7.15. The Bertz CT molecular complexity index is 714. The van der Waals surface area contributed by atoms with Gasteiger partial charge in [-0.25, -0.2) is 9.67 Å². The van der Waals surface area contributed by atoms with Crippen molar-refractivity contribution in [3.63, 3.8) is 0 Å². The van der Waals surface area contributed by atoms with Gasteiger partial charge in [-0.05, 0) is 51.6 Å². The molecule has 0 atom stereocenters. The van der Waals surface area contributed by atoms with E-state index in [4.69, 9.17) is 0 Å². The van der Waals surface area contributed by atoms with E-state index in [1.165, 1.54) is 36.3 Å². The predicted molar refractivity (Wildman–Crippen MR) is 104 cm³/mol. The molecular formula is C17H25ClN6OS. The van der Waals surface area contributed by atoms with Gasteiger partial charge in [0.15, 0.2) is 10.8 Å². The average molecular weight is 397 g/mol. The SMILES string of the molecule is Cl.O=C(Nc1nc2c(s1)CCCCCC2)c1cn(C2CCNCC2)nn1. The molecule has 2 aromatic heterocycles. The highest BCUT2D eigenvalue weighted by Crippen LogP contribution is 2.28. The second-order valence-electron chi connectivity index (χ2n) is 6.82. The number of nitrogens with one attached hydrogen (secondary N) is 2. The van der Waals surface area contributed by atoms with Crippen molar-refractivity contribution < 1.29 is 4.79 Å². The van der Waals surface area contributed by atoms with Crippen LogP contribution < -0.4 is 10.6 Å². The molecule has 1 aliphatic heterocycles. The van der Waals surface area contributed by atoms with E-state index in [0.29, 0.717) is 16.9 Å². The Balaban J connectivity index is 0.00000196. The zero-order valence-electron chi connectivity index (χ0n) is 14.7. The molecule has 0 saturated carbocycles. The van der Waals surface area contributed by atoms with Crippen LogP contribution in [-0.2, 0) is 12.8 Å². The normalized spacial score (nSPS) is 18.3. The van der Waals surface area contributed by atoms with Crippen molar-refractivity contribution in [2.75, 3.05) is 18.4 Å². The lowest BCUT2D eigenvalue weighted by Gasteiger charge is -2.21. The van der Waals surface area contributed by atoms with Crippen LogP contribution in [-0.4, -0.2) is 39.0 Å². The second kappa shape index (κ2) is 8.92. The molecule has 26 heavy (non-hydrogen) atoms. The Morgan fingerprint density at radius 1 is 1.19 bits per heavy atom. The molecule has 1 aliphatic carbocycles. The van der Waals surface area contributed by atoms with Crippen molar-refractivity contribution in [1.29, 1.82) is 0 Å². The van der Waals surface area contributed by atoms with Crippen LogP contribution in [0.2, 0.25) is 0 Å². The lowest BCUT2D eigenvalue weighted by atomic mass is 10.0. The minimum atomic E-state index is -0.220. The summed E-state index contributed by atoms with van der Waals surface area (Å²) in [5.74, 6) is -0.220. The van der Waals surface area contributed by atoms with Crippen molar-refractivity contribution in [2.45, 2.75) is 57.4 Å². The fourth-order valence-corrected chi connectivity index (χ4v) is 4.60. The zero-order chi connectivity index (χ0) is 17.1. The number of amides is 1. The number of aromatic nitrogens is 4. The van der Waals surface area contributed by atoms with Gasteiger partial charge in [-0.1, -0.05) is 18.1 Å². The topological polar surface area (TPSA) is 84.7 Å². The third kappa shape index (κ3) is 4.42. The molecule has 0 unspecified atom stereocenters. The molecule has 1 amide bonds. The lowest BCUT2D eigenvalue weighted by molar-refractivity contribution is 0.102. The van der Waals surface area contributed by atoms with Crippen molar-refractivity contribution in [2.24, 2.45) is 0 Å². The summed E-state index contributed by atoms with van der Waals surface area (Å²) in [4.78, 5) is 18.5. The van der Waals surface area contributed by atoms with Crippen LogP contribution >= 0.6 is 23.7 Å². The molecule has 142 valence electrons. The highest BCUT2D eigenvalue weighted by atomic mass is 35.5. The molecule has 0 bridgehead atoms. The minimum absolute atomic E-state index is 0. The third-order valence-electron chi connectivity index (χ3n) is 4.99. The number of hydrogen-bond acceptors (Lipinski definition) is 6. The first-order chi connectivity index (χ1) is 12.3. The van der Waals surface area contributed by atoms with Crippen LogP contribution in [0, 0.1) is 0 Å². The Kier molecular flexibility index (Phi) is 6.61. The summed E-state index contributed by atoms with van der Waals surface area (Å²) >= 11 is 1.61. The molecule has 9 heteroatoms. The van der Waals surface area contributed by atoms with Gasteiger partial charge < -0.3 is 5.32 Å². The van der Waals surface area contributed by atoms with E-state index in [0.717, 1.165) is 38.8 Å². The number of piperidine rings is 1. The number of anilines is 1. The summed E-state index contributed by atoms with van der Waals surface area (Å²) < 4.78 is 1.83. The third-order valence-corrected chi connectivity index (χ3v) is 6.06. The molecule has 2 aliphatic rings. The Morgan fingerprint density at radius 3 is 2.77 bits per heavy atom. The number of aryl methyl sites for hydroxylation is 2. The van der Waals surface area contributed by atoms with E-state index >= 15 is 0 Å². The number of carbonyl (C=O) groups is 1. The Labute approximate surface area is 163 Å². The van der Waals surface area contributed by atoms with E-state index in [2.05, 4.69) is 25.9 Å². The van der Waals surface area contributed by atoms with E-state index in [1.807, 2.05) is 4.68 Å². The van der Waals surface area contributed by atoms with E-state index < -0.39 is 0 Å². The van der Waals surface area contributed by atoms with Crippen LogP contribution in [0.3, 0.4) is 0 Å². The zero-order valence-corrected chi connectivity index (χ0v) is 16.4. The Hall–Kier alpha value is -1.51.